The Hall–Kier alpha value is -1.18. The van der Waals surface area contributed by atoms with Gasteiger partial charge in [-0.25, -0.2) is 4.39 Å². The molecule has 0 atom stereocenters. The molecule has 0 aliphatic heterocycles. The van der Waals surface area contributed by atoms with Gasteiger partial charge >= 0.3 is 33.9 Å². The van der Waals surface area contributed by atoms with Crippen LogP contribution in [-0.4, -0.2) is 13.9 Å². The molecule has 0 aromatic heterocycles. The second-order valence-corrected chi connectivity index (χ2v) is 2.80. The fraction of sp³-hybridized carbons (Fsp3) is 0.308. The SMILES string of the molecule is COCOCc1cccc(C)c1F.[C-]#[O+].[C-]#[O+].[C-]#[O+].[Cr]. The summed E-state index contributed by atoms with van der Waals surface area (Å²) in [4.78, 5) is 0. The van der Waals surface area contributed by atoms with Crippen molar-refractivity contribution in [2.75, 3.05) is 13.9 Å². The molecule has 1 aromatic rings. The van der Waals surface area contributed by atoms with E-state index in [2.05, 4.69) is 24.7 Å². The van der Waals surface area contributed by atoms with Crippen LogP contribution in [0.15, 0.2) is 18.2 Å². The van der Waals surface area contributed by atoms with E-state index in [0.717, 1.165) is 0 Å². The molecular formula is C13H13CrFO5. The number of benzene rings is 1. The Morgan fingerprint density at radius 2 is 1.60 bits per heavy atom. The minimum absolute atomic E-state index is 0. The van der Waals surface area contributed by atoms with E-state index in [1.54, 1.807) is 19.1 Å². The van der Waals surface area contributed by atoms with Gasteiger partial charge in [0.2, 0.25) is 0 Å². The van der Waals surface area contributed by atoms with E-state index >= 15 is 0 Å². The fourth-order valence-corrected chi connectivity index (χ4v) is 1.05. The smallest absolute Gasteiger partial charge is 0 e. The first-order valence-electron chi connectivity index (χ1n) is 4.67. The summed E-state index contributed by atoms with van der Waals surface area (Å²) in [7, 11) is 1.53. The maximum atomic E-state index is 13.3. The van der Waals surface area contributed by atoms with E-state index in [-0.39, 0.29) is 36.6 Å². The normalized spacial score (nSPS) is 7.05. The topological polar surface area (TPSA) is 78.2 Å². The zero-order chi connectivity index (χ0) is 15.7. The van der Waals surface area contributed by atoms with Crippen molar-refractivity contribution in [2.45, 2.75) is 13.5 Å². The van der Waals surface area contributed by atoms with Crippen LogP contribution in [0.1, 0.15) is 11.1 Å². The zero-order valence-corrected chi connectivity index (χ0v) is 12.2. The van der Waals surface area contributed by atoms with E-state index in [1.807, 2.05) is 6.07 Å². The van der Waals surface area contributed by atoms with Crippen LogP contribution >= 0.6 is 0 Å². The number of aryl methyl sites for hydroxylation is 1. The van der Waals surface area contributed by atoms with Crippen molar-refractivity contribution in [3.8, 4) is 0 Å². The summed E-state index contributed by atoms with van der Waals surface area (Å²) in [5, 5.41) is 0. The summed E-state index contributed by atoms with van der Waals surface area (Å²) >= 11 is 0. The third-order valence-electron chi connectivity index (χ3n) is 1.73. The van der Waals surface area contributed by atoms with Gasteiger partial charge in [0.15, 0.2) is 0 Å². The van der Waals surface area contributed by atoms with Crippen molar-refractivity contribution in [1.29, 1.82) is 0 Å². The summed E-state index contributed by atoms with van der Waals surface area (Å²) in [6.45, 7) is 15.7. The molecule has 0 aliphatic carbocycles. The van der Waals surface area contributed by atoms with Gasteiger partial charge in [-0.05, 0) is 12.5 Å². The van der Waals surface area contributed by atoms with Crippen molar-refractivity contribution < 1.29 is 45.2 Å². The number of hydrogen-bond acceptors (Lipinski definition) is 2. The Labute approximate surface area is 128 Å². The number of ether oxygens (including phenoxy) is 2. The standard InChI is InChI=1S/C10H13FO2.3CO.Cr/c1-8-4-3-5-9(10(8)11)6-13-7-12-2;3*1-2;/h3-5H,6-7H2,1-2H3;;;;. The molecule has 0 aliphatic rings. The molecule has 0 saturated heterocycles. The Balaban J connectivity index is -0.000000162. The largest absolute Gasteiger partial charge is 0 e. The van der Waals surface area contributed by atoms with Crippen molar-refractivity contribution in [3.63, 3.8) is 0 Å². The molecule has 0 heterocycles. The molecule has 1 rings (SSSR count). The van der Waals surface area contributed by atoms with Crippen LogP contribution in [0, 0.1) is 32.7 Å². The van der Waals surface area contributed by atoms with Gasteiger partial charge in [-0.3, -0.25) is 0 Å². The zero-order valence-electron chi connectivity index (χ0n) is 11.0. The third-order valence-corrected chi connectivity index (χ3v) is 1.73. The average Bonchev–Trinajstić information content (AvgIpc) is 2.50. The summed E-state index contributed by atoms with van der Waals surface area (Å²) in [6.07, 6.45) is 0. The predicted molar refractivity (Wildman–Crippen MR) is 59.6 cm³/mol. The van der Waals surface area contributed by atoms with Crippen LogP contribution in [0.25, 0.3) is 0 Å². The first kappa shape index (κ1) is 27.2. The Bertz CT molecular complexity index is 376. The van der Waals surface area contributed by atoms with Gasteiger partial charge in [0, 0.05) is 30.0 Å². The Morgan fingerprint density at radius 1 is 1.10 bits per heavy atom. The van der Waals surface area contributed by atoms with Crippen LogP contribution in [0.5, 0.6) is 0 Å². The second-order valence-electron chi connectivity index (χ2n) is 2.80. The van der Waals surface area contributed by atoms with Crippen LogP contribution in [0.4, 0.5) is 4.39 Å². The van der Waals surface area contributed by atoms with E-state index in [9.17, 15) is 4.39 Å². The molecule has 0 fully saturated rings. The second kappa shape index (κ2) is 23.0. The summed E-state index contributed by atoms with van der Waals surface area (Å²) in [5.74, 6) is -0.196. The molecule has 0 radical (unpaired) electrons. The maximum absolute atomic E-state index is 13.3. The molecular weight excluding hydrogens is 307 g/mol. The molecule has 0 unspecified atom stereocenters. The monoisotopic (exact) mass is 320 g/mol. The molecule has 0 saturated carbocycles. The number of rotatable bonds is 4. The molecule has 0 bridgehead atoms. The van der Waals surface area contributed by atoms with Crippen LogP contribution in [0.2, 0.25) is 0 Å². The Kier molecular flexibility index (Phi) is 31.2. The molecule has 0 amide bonds. The van der Waals surface area contributed by atoms with Crippen LogP contribution < -0.4 is 0 Å². The van der Waals surface area contributed by atoms with Crippen molar-refractivity contribution in [1.82, 2.24) is 0 Å². The van der Waals surface area contributed by atoms with Crippen molar-refractivity contribution in [3.05, 3.63) is 55.1 Å². The Morgan fingerprint density at radius 3 is 2.05 bits per heavy atom. The summed E-state index contributed by atoms with van der Waals surface area (Å²) < 4.78 is 45.5. The predicted octanol–water partition coefficient (Wildman–Crippen LogP) is 2.14. The molecule has 108 valence electrons. The molecule has 7 heteroatoms. The average molecular weight is 320 g/mol. The van der Waals surface area contributed by atoms with E-state index in [0.29, 0.717) is 11.1 Å². The number of methoxy groups -OCH3 is 1. The number of halogens is 1. The van der Waals surface area contributed by atoms with Gasteiger partial charge in [-0.2, -0.15) is 0 Å². The molecule has 0 spiro atoms. The summed E-state index contributed by atoms with van der Waals surface area (Å²) in [5.41, 5.74) is 1.20. The van der Waals surface area contributed by atoms with Gasteiger partial charge in [0.25, 0.3) is 0 Å². The van der Waals surface area contributed by atoms with E-state index in [1.165, 1.54) is 7.11 Å². The van der Waals surface area contributed by atoms with Crippen LogP contribution in [-0.2, 0) is 47.4 Å². The van der Waals surface area contributed by atoms with Gasteiger partial charge in [0.1, 0.15) is 12.6 Å². The summed E-state index contributed by atoms with van der Waals surface area (Å²) in [6, 6.07) is 5.25. The van der Waals surface area contributed by atoms with Gasteiger partial charge in [0.05, 0.1) is 6.61 Å². The molecule has 0 N–H and O–H groups in total. The third kappa shape index (κ3) is 13.3. The molecule has 5 nitrogen and oxygen atoms in total. The van der Waals surface area contributed by atoms with Gasteiger partial charge < -0.3 is 9.47 Å². The molecule has 20 heavy (non-hydrogen) atoms. The first-order chi connectivity index (χ1) is 9.25. The van der Waals surface area contributed by atoms with Crippen molar-refractivity contribution >= 4 is 0 Å². The number of hydrogen-bond donors (Lipinski definition) is 0. The van der Waals surface area contributed by atoms with Crippen molar-refractivity contribution in [2.24, 2.45) is 0 Å². The maximum Gasteiger partial charge on any atom is 0 e. The minimum Gasteiger partial charge on any atom is 0 e. The van der Waals surface area contributed by atoms with Crippen LogP contribution in [0.3, 0.4) is 0 Å². The van der Waals surface area contributed by atoms with Gasteiger partial charge in [-0.1, -0.05) is 18.2 Å². The van der Waals surface area contributed by atoms with E-state index < -0.39 is 0 Å². The quantitative estimate of drug-likeness (QED) is 0.369. The minimum atomic E-state index is -0.196. The first-order valence-corrected chi connectivity index (χ1v) is 4.67. The van der Waals surface area contributed by atoms with Gasteiger partial charge in [-0.15, -0.1) is 0 Å². The molecule has 1 aromatic carbocycles. The van der Waals surface area contributed by atoms with E-state index in [4.69, 9.17) is 18.7 Å². The fourth-order valence-electron chi connectivity index (χ4n) is 1.05.